The van der Waals surface area contributed by atoms with Gasteiger partial charge in [-0.25, -0.2) is 0 Å². The molecule has 0 aromatic heterocycles. The van der Waals surface area contributed by atoms with E-state index in [1.54, 1.807) is 13.8 Å². The van der Waals surface area contributed by atoms with E-state index in [1.165, 1.54) is 11.8 Å². The molecule has 1 aliphatic rings. The molecule has 0 atom stereocenters. The monoisotopic (exact) mass is 269 g/mol. The zero-order chi connectivity index (χ0) is 12.5. The molecule has 6 heteroatoms. The Kier molecular flexibility index (Phi) is 3.26. The largest absolute Gasteiger partial charge is 0.429 e. The van der Waals surface area contributed by atoms with Crippen molar-refractivity contribution < 1.29 is 12.6 Å². The number of benzene rings is 1. The maximum Gasteiger partial charge on any atom is 0.429 e. The topological polar surface area (TPSA) is 55.7 Å². The zero-order valence-electron chi connectivity index (χ0n) is 9.38. The predicted molar refractivity (Wildman–Crippen MR) is 68.1 cm³/mol. The fourth-order valence-electron chi connectivity index (χ4n) is 1.25. The lowest BCUT2D eigenvalue weighted by molar-refractivity contribution is 0.430. The molecule has 1 aromatic rings. The number of hydrogen-bond donors (Lipinski definition) is 0. The van der Waals surface area contributed by atoms with E-state index in [2.05, 4.69) is 4.40 Å². The highest BCUT2D eigenvalue weighted by Gasteiger charge is 2.23. The molecular formula is C11H11NO3S2. The molecule has 0 N–H and O–H groups in total. The van der Waals surface area contributed by atoms with Crippen molar-refractivity contribution >= 4 is 27.8 Å². The minimum absolute atomic E-state index is 0.365. The van der Waals surface area contributed by atoms with E-state index in [-0.39, 0.29) is 0 Å². The summed E-state index contributed by atoms with van der Waals surface area (Å²) in [6, 6.07) is 9.45. The van der Waals surface area contributed by atoms with Crippen molar-refractivity contribution in [3.05, 3.63) is 41.0 Å². The average molecular weight is 269 g/mol. The van der Waals surface area contributed by atoms with Gasteiger partial charge in [0.1, 0.15) is 0 Å². The molecule has 0 saturated carbocycles. The third-order valence-electron chi connectivity index (χ3n) is 2.23. The van der Waals surface area contributed by atoms with Gasteiger partial charge in [-0.2, -0.15) is 8.42 Å². The summed E-state index contributed by atoms with van der Waals surface area (Å²) in [5.41, 5.74) is 1.21. The summed E-state index contributed by atoms with van der Waals surface area (Å²) in [7, 11) is -3.82. The van der Waals surface area contributed by atoms with E-state index in [0.29, 0.717) is 10.8 Å². The molecule has 1 aromatic carbocycles. The van der Waals surface area contributed by atoms with Crippen LogP contribution >= 0.6 is 11.8 Å². The van der Waals surface area contributed by atoms with Crippen LogP contribution in [0.1, 0.15) is 13.8 Å². The molecular weight excluding hydrogens is 258 g/mol. The minimum Gasteiger partial charge on any atom is -0.358 e. The highest BCUT2D eigenvalue weighted by molar-refractivity contribution is 8.03. The third kappa shape index (κ3) is 2.89. The molecule has 0 unspecified atom stereocenters. The maximum atomic E-state index is 11.3. The normalized spacial score (nSPS) is 18.6. The number of hydrogen-bond acceptors (Lipinski definition) is 4. The van der Waals surface area contributed by atoms with Crippen LogP contribution in [0.4, 0.5) is 0 Å². The second kappa shape index (κ2) is 4.54. The first kappa shape index (κ1) is 12.2. The van der Waals surface area contributed by atoms with E-state index < -0.39 is 10.3 Å². The maximum absolute atomic E-state index is 11.3. The van der Waals surface area contributed by atoms with Crippen molar-refractivity contribution in [2.45, 2.75) is 18.7 Å². The summed E-state index contributed by atoms with van der Waals surface area (Å²) in [6.45, 7) is 3.44. The van der Waals surface area contributed by atoms with Crippen LogP contribution < -0.4 is 0 Å². The number of rotatable bonds is 2. The van der Waals surface area contributed by atoms with Crippen LogP contribution in [0.5, 0.6) is 0 Å². The standard InChI is InChI=1S/C11H11NO3S2/c1-8-9(2)12-17(13,14)15-11(8)16-10-6-4-3-5-7-10/h3-7H,1-2H3. The van der Waals surface area contributed by atoms with Crippen LogP contribution in [-0.2, 0) is 14.5 Å². The molecule has 4 nitrogen and oxygen atoms in total. The summed E-state index contributed by atoms with van der Waals surface area (Å²) in [4.78, 5) is 0.923. The second-order valence-corrected chi connectivity index (χ2v) is 5.77. The molecule has 1 aliphatic heterocycles. The Bertz CT molecular complexity index is 588. The van der Waals surface area contributed by atoms with Crippen LogP contribution in [-0.4, -0.2) is 14.1 Å². The highest BCUT2D eigenvalue weighted by Crippen LogP contribution is 2.33. The van der Waals surface area contributed by atoms with Gasteiger partial charge in [-0.3, -0.25) is 0 Å². The van der Waals surface area contributed by atoms with Crippen molar-refractivity contribution in [3.8, 4) is 0 Å². The van der Waals surface area contributed by atoms with Crippen molar-refractivity contribution in [1.82, 2.24) is 0 Å². The van der Waals surface area contributed by atoms with Gasteiger partial charge in [-0.05, 0) is 26.0 Å². The Hall–Kier alpha value is -1.27. The summed E-state index contributed by atoms with van der Waals surface area (Å²) in [6.07, 6.45) is 0. The highest BCUT2D eigenvalue weighted by atomic mass is 32.2. The Morgan fingerprint density at radius 1 is 1.18 bits per heavy atom. The van der Waals surface area contributed by atoms with E-state index in [9.17, 15) is 8.42 Å². The molecule has 1 heterocycles. The lowest BCUT2D eigenvalue weighted by atomic mass is 10.2. The van der Waals surface area contributed by atoms with Gasteiger partial charge in [0, 0.05) is 10.5 Å². The van der Waals surface area contributed by atoms with E-state index in [4.69, 9.17) is 4.18 Å². The number of thioether (sulfide) groups is 1. The van der Waals surface area contributed by atoms with Gasteiger partial charge in [-0.15, -0.1) is 4.40 Å². The Balaban J connectivity index is 2.33. The van der Waals surface area contributed by atoms with Gasteiger partial charge in [0.2, 0.25) is 0 Å². The van der Waals surface area contributed by atoms with Crippen LogP contribution in [0.2, 0.25) is 0 Å². The smallest absolute Gasteiger partial charge is 0.358 e. The van der Waals surface area contributed by atoms with Crippen molar-refractivity contribution in [3.63, 3.8) is 0 Å². The summed E-state index contributed by atoms with van der Waals surface area (Å²) in [5, 5.41) is 0.365. The second-order valence-electron chi connectivity index (χ2n) is 3.52. The van der Waals surface area contributed by atoms with Crippen LogP contribution in [0.15, 0.2) is 50.3 Å². The molecule has 0 radical (unpaired) electrons. The molecule has 90 valence electrons. The quantitative estimate of drug-likeness (QED) is 0.828. The zero-order valence-corrected chi connectivity index (χ0v) is 11.0. The third-order valence-corrected chi connectivity index (χ3v) is 4.30. The SMILES string of the molecule is CC1=NS(=O)(=O)OC(Sc2ccccc2)=C1C. The lowest BCUT2D eigenvalue weighted by Crippen LogP contribution is -2.13. The van der Waals surface area contributed by atoms with Gasteiger partial charge >= 0.3 is 10.3 Å². The van der Waals surface area contributed by atoms with E-state index in [1.807, 2.05) is 30.3 Å². The fourth-order valence-corrected chi connectivity index (χ4v) is 3.28. The molecule has 0 spiro atoms. The molecule has 0 saturated heterocycles. The number of allylic oxidation sites excluding steroid dienone is 1. The summed E-state index contributed by atoms with van der Waals surface area (Å²) in [5.74, 6) is 0. The summed E-state index contributed by atoms with van der Waals surface area (Å²) >= 11 is 1.28. The van der Waals surface area contributed by atoms with Crippen LogP contribution in [0.3, 0.4) is 0 Å². The van der Waals surface area contributed by atoms with Crippen LogP contribution in [0.25, 0.3) is 0 Å². The van der Waals surface area contributed by atoms with Gasteiger partial charge in [0.15, 0.2) is 5.09 Å². The van der Waals surface area contributed by atoms with Crippen LogP contribution in [0, 0.1) is 0 Å². The summed E-state index contributed by atoms with van der Waals surface area (Å²) < 4.78 is 31.1. The average Bonchev–Trinajstić information content (AvgIpc) is 2.26. The minimum atomic E-state index is -3.82. The first-order valence-electron chi connectivity index (χ1n) is 4.93. The molecule has 0 amide bonds. The fraction of sp³-hybridized carbons (Fsp3) is 0.182. The Morgan fingerprint density at radius 2 is 1.82 bits per heavy atom. The van der Waals surface area contributed by atoms with E-state index in [0.717, 1.165) is 10.5 Å². The molecule has 2 rings (SSSR count). The predicted octanol–water partition coefficient (Wildman–Crippen LogP) is 2.75. The first-order valence-corrected chi connectivity index (χ1v) is 7.11. The van der Waals surface area contributed by atoms with Crippen molar-refractivity contribution in [1.29, 1.82) is 0 Å². The molecule has 0 aliphatic carbocycles. The van der Waals surface area contributed by atoms with Gasteiger partial charge < -0.3 is 4.18 Å². The Labute approximate surface area is 105 Å². The van der Waals surface area contributed by atoms with Crippen molar-refractivity contribution in [2.24, 2.45) is 4.40 Å². The lowest BCUT2D eigenvalue weighted by Gasteiger charge is -2.15. The van der Waals surface area contributed by atoms with Gasteiger partial charge in [0.25, 0.3) is 0 Å². The molecule has 0 fully saturated rings. The molecule has 17 heavy (non-hydrogen) atoms. The van der Waals surface area contributed by atoms with Gasteiger partial charge in [0.05, 0.1) is 5.71 Å². The van der Waals surface area contributed by atoms with E-state index >= 15 is 0 Å². The molecule has 0 bridgehead atoms. The number of nitrogens with zero attached hydrogens (tertiary/aromatic N) is 1. The Morgan fingerprint density at radius 3 is 2.47 bits per heavy atom. The van der Waals surface area contributed by atoms with Gasteiger partial charge in [-0.1, -0.05) is 30.0 Å². The van der Waals surface area contributed by atoms with Crippen molar-refractivity contribution in [2.75, 3.05) is 0 Å². The first-order chi connectivity index (χ1) is 7.98.